The van der Waals surface area contributed by atoms with Crippen molar-refractivity contribution in [2.45, 2.75) is 69.0 Å². The smallest absolute Gasteiger partial charge is 0.0309 e. The summed E-state index contributed by atoms with van der Waals surface area (Å²) in [4.78, 5) is 0. The molecule has 0 bridgehead atoms. The Morgan fingerprint density at radius 2 is 1.64 bits per heavy atom. The quantitative estimate of drug-likeness (QED) is 0.614. The summed E-state index contributed by atoms with van der Waals surface area (Å²) in [6.45, 7) is 1.23. The maximum absolute atomic E-state index is 3.95. The highest BCUT2D eigenvalue weighted by Gasteiger charge is 2.43. The normalized spacial score (nSPS) is 41.1. The molecule has 14 heavy (non-hydrogen) atoms. The number of nitrogens with one attached hydrogen (secondary N) is 2. The first-order chi connectivity index (χ1) is 6.88. The number of rotatable bonds is 0. The van der Waals surface area contributed by atoms with Gasteiger partial charge in [0.1, 0.15) is 0 Å². The van der Waals surface area contributed by atoms with Crippen LogP contribution in [0.1, 0.15) is 51.4 Å². The summed E-state index contributed by atoms with van der Waals surface area (Å²) in [5.74, 6) is 0. The van der Waals surface area contributed by atoms with E-state index in [4.69, 9.17) is 0 Å². The van der Waals surface area contributed by atoms with Crippen LogP contribution in [-0.2, 0) is 0 Å². The molecule has 2 aliphatic carbocycles. The zero-order valence-electron chi connectivity index (χ0n) is 9.02. The van der Waals surface area contributed by atoms with Gasteiger partial charge in [0.25, 0.3) is 0 Å². The summed E-state index contributed by atoms with van der Waals surface area (Å²) in [7, 11) is 0. The molecule has 0 aromatic rings. The lowest BCUT2D eigenvalue weighted by molar-refractivity contribution is 0.0985. The molecule has 3 rings (SSSR count). The van der Waals surface area contributed by atoms with Crippen LogP contribution < -0.4 is 10.6 Å². The van der Waals surface area contributed by atoms with Crippen molar-refractivity contribution in [3.63, 3.8) is 0 Å². The lowest BCUT2D eigenvalue weighted by Crippen LogP contribution is -2.70. The number of hydrogen-bond acceptors (Lipinski definition) is 2. The lowest BCUT2D eigenvalue weighted by Gasteiger charge is -2.51. The molecule has 2 N–H and O–H groups in total. The largest absolute Gasteiger partial charge is 0.311 e. The van der Waals surface area contributed by atoms with Crippen molar-refractivity contribution in [1.29, 1.82) is 0 Å². The summed E-state index contributed by atoms with van der Waals surface area (Å²) < 4.78 is 0. The number of hydrogen-bond donors (Lipinski definition) is 2. The highest BCUT2D eigenvalue weighted by atomic mass is 15.2. The summed E-state index contributed by atoms with van der Waals surface area (Å²) in [5.41, 5.74) is 0.519. The van der Waals surface area contributed by atoms with Gasteiger partial charge in [-0.15, -0.1) is 0 Å². The first-order valence-electron chi connectivity index (χ1n) is 6.39. The minimum Gasteiger partial charge on any atom is -0.311 e. The fourth-order valence-corrected chi connectivity index (χ4v) is 3.42. The highest BCUT2D eigenvalue weighted by Crippen LogP contribution is 2.35. The van der Waals surface area contributed by atoms with Gasteiger partial charge in [-0.05, 0) is 32.1 Å². The SMILES string of the molecule is C1CC[C@H]2NCC3(CCC3)N[C@@H]2CC1. The van der Waals surface area contributed by atoms with Crippen LogP contribution >= 0.6 is 0 Å². The molecule has 0 amide bonds. The van der Waals surface area contributed by atoms with E-state index < -0.39 is 0 Å². The average Bonchev–Trinajstić information content (AvgIpc) is 2.38. The van der Waals surface area contributed by atoms with Gasteiger partial charge in [0.05, 0.1) is 0 Å². The Hall–Kier alpha value is -0.0800. The van der Waals surface area contributed by atoms with E-state index in [2.05, 4.69) is 10.6 Å². The molecule has 1 aliphatic heterocycles. The molecule has 80 valence electrons. The van der Waals surface area contributed by atoms with Gasteiger partial charge in [-0.3, -0.25) is 0 Å². The Labute approximate surface area is 86.8 Å². The molecule has 1 heterocycles. The van der Waals surface area contributed by atoms with Crippen molar-refractivity contribution in [2.75, 3.05) is 6.54 Å². The summed E-state index contributed by atoms with van der Waals surface area (Å²) in [6.07, 6.45) is 11.4. The van der Waals surface area contributed by atoms with Crippen LogP contribution in [0.25, 0.3) is 0 Å². The highest BCUT2D eigenvalue weighted by molar-refractivity contribution is 5.06. The monoisotopic (exact) mass is 194 g/mol. The van der Waals surface area contributed by atoms with E-state index in [-0.39, 0.29) is 0 Å². The summed E-state index contributed by atoms with van der Waals surface area (Å²) >= 11 is 0. The van der Waals surface area contributed by atoms with Gasteiger partial charge in [0, 0.05) is 24.2 Å². The van der Waals surface area contributed by atoms with Gasteiger partial charge in [0.2, 0.25) is 0 Å². The molecule has 0 unspecified atom stereocenters. The van der Waals surface area contributed by atoms with E-state index in [1.807, 2.05) is 0 Å². The molecular weight excluding hydrogens is 172 g/mol. The van der Waals surface area contributed by atoms with Gasteiger partial charge in [0.15, 0.2) is 0 Å². The van der Waals surface area contributed by atoms with E-state index in [9.17, 15) is 0 Å². The van der Waals surface area contributed by atoms with Gasteiger partial charge in [-0.25, -0.2) is 0 Å². The fourth-order valence-electron chi connectivity index (χ4n) is 3.42. The second-order valence-electron chi connectivity index (χ2n) is 5.51. The molecule has 3 aliphatic rings. The van der Waals surface area contributed by atoms with Crippen LogP contribution in [0, 0.1) is 0 Å². The zero-order chi connectivity index (χ0) is 9.43. The minimum atomic E-state index is 0.519. The van der Waals surface area contributed by atoms with Crippen LogP contribution in [0.3, 0.4) is 0 Å². The van der Waals surface area contributed by atoms with Gasteiger partial charge < -0.3 is 10.6 Å². The lowest BCUT2D eigenvalue weighted by atomic mass is 9.73. The second kappa shape index (κ2) is 3.49. The number of piperazine rings is 1. The topological polar surface area (TPSA) is 24.1 Å². The second-order valence-corrected chi connectivity index (χ2v) is 5.51. The molecule has 0 radical (unpaired) electrons. The third-order valence-electron chi connectivity index (χ3n) is 4.52. The Bertz CT molecular complexity index is 210. The molecule has 1 spiro atoms. The summed E-state index contributed by atoms with van der Waals surface area (Å²) in [6, 6.07) is 1.57. The van der Waals surface area contributed by atoms with Crippen molar-refractivity contribution in [3.8, 4) is 0 Å². The fraction of sp³-hybridized carbons (Fsp3) is 1.00. The van der Waals surface area contributed by atoms with Crippen LogP contribution in [0.4, 0.5) is 0 Å². The Morgan fingerprint density at radius 1 is 0.857 bits per heavy atom. The molecule has 2 atom stereocenters. The molecular formula is C12H22N2. The van der Waals surface area contributed by atoms with E-state index in [0.29, 0.717) is 5.54 Å². The molecule has 2 saturated carbocycles. The first-order valence-corrected chi connectivity index (χ1v) is 6.39. The van der Waals surface area contributed by atoms with Gasteiger partial charge >= 0.3 is 0 Å². The van der Waals surface area contributed by atoms with Crippen molar-refractivity contribution >= 4 is 0 Å². The molecule has 0 aromatic carbocycles. The van der Waals surface area contributed by atoms with Gasteiger partial charge in [-0.2, -0.15) is 0 Å². The molecule has 1 saturated heterocycles. The average molecular weight is 194 g/mol. The Balaban J connectivity index is 1.68. The van der Waals surface area contributed by atoms with Crippen molar-refractivity contribution in [1.82, 2.24) is 10.6 Å². The van der Waals surface area contributed by atoms with Crippen LogP contribution in [0.15, 0.2) is 0 Å². The molecule has 0 aromatic heterocycles. The Kier molecular flexibility index (Phi) is 2.29. The van der Waals surface area contributed by atoms with Crippen LogP contribution in [-0.4, -0.2) is 24.2 Å². The van der Waals surface area contributed by atoms with Crippen molar-refractivity contribution < 1.29 is 0 Å². The third kappa shape index (κ3) is 1.49. The van der Waals surface area contributed by atoms with E-state index >= 15 is 0 Å². The molecule has 2 heteroatoms. The van der Waals surface area contributed by atoms with Crippen molar-refractivity contribution in [3.05, 3.63) is 0 Å². The zero-order valence-corrected chi connectivity index (χ0v) is 9.02. The van der Waals surface area contributed by atoms with E-state index in [1.54, 1.807) is 0 Å². The first kappa shape index (κ1) is 9.17. The van der Waals surface area contributed by atoms with Crippen LogP contribution in [0.5, 0.6) is 0 Å². The summed E-state index contributed by atoms with van der Waals surface area (Å²) in [5, 5.41) is 7.74. The molecule has 2 nitrogen and oxygen atoms in total. The Morgan fingerprint density at radius 3 is 2.36 bits per heavy atom. The van der Waals surface area contributed by atoms with Gasteiger partial charge in [-0.1, -0.05) is 19.3 Å². The van der Waals surface area contributed by atoms with E-state index in [0.717, 1.165) is 12.1 Å². The maximum Gasteiger partial charge on any atom is 0.0309 e. The predicted molar refractivity (Wildman–Crippen MR) is 58.4 cm³/mol. The third-order valence-corrected chi connectivity index (χ3v) is 4.52. The predicted octanol–water partition coefficient (Wildman–Crippen LogP) is 1.80. The van der Waals surface area contributed by atoms with Crippen LogP contribution in [0.2, 0.25) is 0 Å². The standard InChI is InChI=1S/C12H22N2/c1-2-5-10-11(6-3-1)14-12(9-13-10)7-4-8-12/h10-11,13-14H,1-9H2/t10-,11-/m1/s1. The van der Waals surface area contributed by atoms with E-state index in [1.165, 1.54) is 57.9 Å². The van der Waals surface area contributed by atoms with Crippen molar-refractivity contribution in [2.24, 2.45) is 0 Å². The maximum atomic E-state index is 3.95. The number of fused-ring (bicyclic) bond motifs is 1. The minimum absolute atomic E-state index is 0.519. The molecule has 3 fully saturated rings.